The van der Waals surface area contributed by atoms with Gasteiger partial charge < -0.3 is 27.0 Å². The number of halogens is 2. The number of amides is 2. The zero-order valence-electron chi connectivity index (χ0n) is 28.4. The van der Waals surface area contributed by atoms with Crippen molar-refractivity contribution in [2.45, 2.75) is 86.5 Å². The minimum atomic E-state index is -0.831. The quantitative estimate of drug-likeness (QED) is 0.198. The van der Waals surface area contributed by atoms with E-state index >= 15 is 0 Å². The average molecular weight is 738 g/mol. The summed E-state index contributed by atoms with van der Waals surface area (Å²) in [5, 5.41) is 8.14. The molecule has 266 valence electrons. The van der Waals surface area contributed by atoms with Gasteiger partial charge in [-0.25, -0.2) is 4.98 Å². The van der Waals surface area contributed by atoms with Crippen molar-refractivity contribution in [3.8, 4) is 0 Å². The fraction of sp³-hybridized carbons (Fsp3) is 0.421. The van der Waals surface area contributed by atoms with E-state index in [2.05, 4.69) is 33.8 Å². The van der Waals surface area contributed by atoms with Gasteiger partial charge in [0.25, 0.3) is 0 Å². The number of hydrogen-bond acceptors (Lipinski definition) is 8. The van der Waals surface area contributed by atoms with E-state index in [1.807, 2.05) is 24.3 Å². The van der Waals surface area contributed by atoms with Crippen LogP contribution in [-0.2, 0) is 33.9 Å². The van der Waals surface area contributed by atoms with Gasteiger partial charge in [0.1, 0.15) is 11.1 Å². The van der Waals surface area contributed by atoms with Crippen molar-refractivity contribution in [3.05, 3.63) is 93.1 Å². The molecule has 5 rings (SSSR count). The molecule has 2 amide bonds. The molecule has 1 aliphatic carbocycles. The summed E-state index contributed by atoms with van der Waals surface area (Å²) in [6, 6.07) is 14.1. The Morgan fingerprint density at radius 3 is 2.52 bits per heavy atom. The summed E-state index contributed by atoms with van der Waals surface area (Å²) in [5.74, 6) is -1.21. The van der Waals surface area contributed by atoms with Gasteiger partial charge in [-0.1, -0.05) is 77.8 Å². The summed E-state index contributed by atoms with van der Waals surface area (Å²) in [7, 11) is 1.67. The lowest BCUT2D eigenvalue weighted by molar-refractivity contribution is -0.143. The van der Waals surface area contributed by atoms with Gasteiger partial charge in [-0.05, 0) is 91.2 Å². The molecule has 50 heavy (non-hydrogen) atoms. The molecule has 12 heteroatoms. The Morgan fingerprint density at radius 1 is 0.940 bits per heavy atom. The van der Waals surface area contributed by atoms with Crippen LogP contribution in [0.3, 0.4) is 0 Å². The molecule has 2 aromatic carbocycles. The Labute approximate surface area is 308 Å². The highest BCUT2D eigenvalue weighted by Crippen LogP contribution is 2.39. The molecule has 3 atom stereocenters. The Hall–Kier alpha value is -3.25. The summed E-state index contributed by atoms with van der Waals surface area (Å²) in [5.41, 5.74) is 16.6. The minimum absolute atomic E-state index is 0.0457. The van der Waals surface area contributed by atoms with Crippen LogP contribution in [0.5, 0.6) is 0 Å². The number of nitrogens with zero attached hydrogens (tertiary/aromatic N) is 2. The molecule has 0 radical (unpaired) electrons. The Kier molecular flexibility index (Phi) is 13.9. The SMILES string of the molecule is CN1C(=O)[C@H](CCCCN)CC(=O)[C@H](CCCN)NCc2cccnc2Sc2c(Cl)cc(Cl)cc2CNC(=O)[C@@H]1CC1=CCc2ccccc21. The highest BCUT2D eigenvalue weighted by atomic mass is 35.5. The standard InChI is InChI=1S/C38H46Cl2N6O3S/c1-46-33(19-25-14-13-24-8-2-3-11-30(24)25)36(48)45-23-28-18-29(39)21-31(40)35(28)50-37-27(10-7-17-43-37)22-44-32(12-6-16-42)34(47)20-26(38(46)49)9-4-5-15-41/h2-3,7-8,10-11,14,17-18,21,26,32-33,44H,4-6,9,12-13,15-16,19-20,22-23,41-42H2,1H3,(H,45,48)/t26-,32+,33+/m1/s1. The number of benzene rings is 2. The number of fused-ring (bicyclic) bond motifs is 3. The van der Waals surface area contributed by atoms with Gasteiger partial charge >= 0.3 is 0 Å². The fourth-order valence-electron chi connectivity index (χ4n) is 6.68. The third-order valence-electron chi connectivity index (χ3n) is 9.48. The number of hydrogen-bond donors (Lipinski definition) is 4. The third kappa shape index (κ3) is 9.54. The zero-order chi connectivity index (χ0) is 35.6. The number of pyridine rings is 1. The summed E-state index contributed by atoms with van der Waals surface area (Å²) in [6.45, 7) is 1.44. The van der Waals surface area contributed by atoms with Gasteiger partial charge in [0, 0.05) is 55.0 Å². The van der Waals surface area contributed by atoms with Gasteiger partial charge in [0.15, 0.2) is 5.78 Å². The van der Waals surface area contributed by atoms with Gasteiger partial charge in [-0.3, -0.25) is 14.4 Å². The van der Waals surface area contributed by atoms with Crippen LogP contribution in [0, 0.1) is 5.92 Å². The van der Waals surface area contributed by atoms with E-state index in [1.165, 1.54) is 22.2 Å². The number of carbonyl (C=O) groups excluding carboxylic acids is 3. The van der Waals surface area contributed by atoms with E-state index in [0.29, 0.717) is 71.7 Å². The van der Waals surface area contributed by atoms with Crippen LogP contribution >= 0.6 is 35.0 Å². The maximum atomic E-state index is 14.4. The second kappa shape index (κ2) is 18.3. The van der Waals surface area contributed by atoms with E-state index in [9.17, 15) is 14.4 Å². The van der Waals surface area contributed by atoms with Crippen molar-refractivity contribution in [1.82, 2.24) is 20.5 Å². The Morgan fingerprint density at radius 2 is 1.72 bits per heavy atom. The lowest BCUT2D eigenvalue weighted by Crippen LogP contribution is -2.50. The highest BCUT2D eigenvalue weighted by molar-refractivity contribution is 7.99. The van der Waals surface area contributed by atoms with E-state index in [1.54, 1.807) is 25.4 Å². The molecular formula is C38H46Cl2N6O3S. The van der Waals surface area contributed by atoms with Crippen molar-refractivity contribution < 1.29 is 14.4 Å². The molecular weight excluding hydrogens is 691 g/mol. The van der Waals surface area contributed by atoms with E-state index in [0.717, 1.165) is 35.1 Å². The number of likely N-dealkylation sites (N-methyl/N-ethyl adjacent to an activating group) is 1. The molecule has 2 aliphatic rings. The lowest BCUT2D eigenvalue weighted by Gasteiger charge is -2.32. The van der Waals surface area contributed by atoms with Gasteiger partial charge in [-0.2, -0.15) is 0 Å². The van der Waals surface area contributed by atoms with Gasteiger partial charge in [-0.15, -0.1) is 0 Å². The molecule has 6 N–H and O–H groups in total. The van der Waals surface area contributed by atoms with Gasteiger partial charge in [0.05, 0.1) is 11.1 Å². The summed E-state index contributed by atoms with van der Waals surface area (Å²) < 4.78 is 0. The number of unbranched alkanes of at least 4 members (excludes halogenated alkanes) is 1. The first-order valence-electron chi connectivity index (χ1n) is 17.3. The lowest BCUT2D eigenvalue weighted by atomic mass is 9.90. The molecule has 1 aromatic heterocycles. The van der Waals surface area contributed by atoms with E-state index in [-0.39, 0.29) is 30.6 Å². The van der Waals surface area contributed by atoms with Crippen molar-refractivity contribution in [2.24, 2.45) is 17.4 Å². The smallest absolute Gasteiger partial charge is 0.243 e. The van der Waals surface area contributed by atoms with E-state index in [4.69, 9.17) is 34.7 Å². The molecule has 0 unspecified atom stereocenters. The van der Waals surface area contributed by atoms with Crippen LogP contribution in [0.25, 0.3) is 5.57 Å². The van der Waals surface area contributed by atoms with Crippen molar-refractivity contribution in [2.75, 3.05) is 20.1 Å². The molecule has 2 heterocycles. The van der Waals surface area contributed by atoms with Crippen LogP contribution < -0.4 is 22.1 Å². The largest absolute Gasteiger partial charge is 0.350 e. The number of aromatic nitrogens is 1. The predicted octanol–water partition coefficient (Wildman–Crippen LogP) is 5.93. The first-order valence-corrected chi connectivity index (χ1v) is 18.8. The molecule has 9 nitrogen and oxygen atoms in total. The maximum Gasteiger partial charge on any atom is 0.243 e. The topological polar surface area (TPSA) is 143 Å². The van der Waals surface area contributed by atoms with Crippen molar-refractivity contribution >= 4 is 58.1 Å². The fourth-order valence-corrected chi connectivity index (χ4v) is 8.32. The van der Waals surface area contributed by atoms with Crippen LogP contribution in [-0.4, -0.2) is 59.7 Å². The third-order valence-corrected chi connectivity index (χ3v) is 11.4. The Balaban J connectivity index is 1.56. The first-order chi connectivity index (χ1) is 24.2. The van der Waals surface area contributed by atoms with E-state index < -0.39 is 18.0 Å². The summed E-state index contributed by atoms with van der Waals surface area (Å²) in [4.78, 5) is 49.7. The predicted molar refractivity (Wildman–Crippen MR) is 201 cm³/mol. The normalized spacial score (nSPS) is 20.4. The van der Waals surface area contributed by atoms with Crippen LogP contribution in [0.1, 0.15) is 67.2 Å². The second-order valence-corrected chi connectivity index (χ2v) is 14.8. The average Bonchev–Trinajstić information content (AvgIpc) is 3.52. The molecule has 3 aromatic rings. The number of rotatable bonds is 9. The number of allylic oxidation sites excluding steroid dienone is 1. The first kappa shape index (κ1) is 38.0. The molecule has 0 saturated heterocycles. The van der Waals surface area contributed by atoms with Crippen LogP contribution in [0.2, 0.25) is 10.0 Å². The molecule has 0 fully saturated rings. The number of nitrogens with two attached hydrogens (primary N) is 2. The summed E-state index contributed by atoms with van der Waals surface area (Å²) >= 11 is 14.7. The number of ketones is 1. The van der Waals surface area contributed by atoms with Crippen LogP contribution in [0.15, 0.2) is 70.7 Å². The number of carbonyl (C=O) groups is 3. The van der Waals surface area contributed by atoms with Gasteiger partial charge in [0.2, 0.25) is 11.8 Å². The Bertz CT molecular complexity index is 1720. The molecule has 0 bridgehead atoms. The molecule has 0 saturated carbocycles. The maximum absolute atomic E-state index is 14.4. The second-order valence-electron chi connectivity index (χ2n) is 12.9. The monoisotopic (exact) mass is 736 g/mol. The number of nitrogens with one attached hydrogen (secondary N) is 2. The summed E-state index contributed by atoms with van der Waals surface area (Å²) in [6.07, 6.45) is 8.07. The number of Topliss-reactive ketones (excluding diaryl/α,β-unsaturated/α-hetero) is 1. The van der Waals surface area contributed by atoms with Crippen molar-refractivity contribution in [1.29, 1.82) is 0 Å². The van der Waals surface area contributed by atoms with Crippen molar-refractivity contribution in [3.63, 3.8) is 0 Å². The minimum Gasteiger partial charge on any atom is -0.350 e. The van der Waals surface area contributed by atoms with Crippen LogP contribution in [0.4, 0.5) is 0 Å². The molecule has 0 spiro atoms. The zero-order valence-corrected chi connectivity index (χ0v) is 30.8. The highest BCUT2D eigenvalue weighted by Gasteiger charge is 2.35. The molecule has 1 aliphatic heterocycles.